The predicted molar refractivity (Wildman–Crippen MR) is 66.0 cm³/mol. The molecule has 0 unspecified atom stereocenters. The molecular formula is C12H18N4O. The average molecular weight is 234 g/mol. The van der Waals surface area contributed by atoms with E-state index in [1.54, 1.807) is 17.3 Å². The molecule has 0 saturated carbocycles. The summed E-state index contributed by atoms with van der Waals surface area (Å²) in [5.74, 6) is 0.693. The Morgan fingerprint density at radius 1 is 1.29 bits per heavy atom. The molecule has 5 heteroatoms. The Morgan fingerprint density at radius 3 is 2.59 bits per heavy atom. The molecule has 5 nitrogen and oxygen atoms in total. The minimum Gasteiger partial charge on any atom is -0.307 e. The fraction of sp³-hybridized carbons (Fsp3) is 0.583. The van der Waals surface area contributed by atoms with Crippen molar-refractivity contribution in [2.45, 2.75) is 26.2 Å². The molecule has 0 atom stereocenters. The highest BCUT2D eigenvalue weighted by Crippen LogP contribution is 2.20. The van der Waals surface area contributed by atoms with Crippen molar-refractivity contribution in [3.8, 4) is 0 Å². The van der Waals surface area contributed by atoms with E-state index in [1.807, 2.05) is 0 Å². The number of aromatic nitrogens is 2. The van der Waals surface area contributed by atoms with Gasteiger partial charge in [-0.15, -0.1) is 0 Å². The lowest BCUT2D eigenvalue weighted by atomic mass is 9.93. The maximum absolute atomic E-state index is 11.7. The zero-order chi connectivity index (χ0) is 12.5. The van der Waals surface area contributed by atoms with Gasteiger partial charge in [0.25, 0.3) is 0 Å². The Kier molecular flexibility index (Phi) is 3.11. The van der Waals surface area contributed by atoms with Gasteiger partial charge in [-0.2, -0.15) is 0 Å². The SMILES string of the molecule is CC(C)(C)c1cnc(N2CCNCC2=O)cn1. The molecule has 2 heterocycles. The number of amides is 1. The number of hydrogen-bond donors (Lipinski definition) is 1. The van der Waals surface area contributed by atoms with Crippen LogP contribution >= 0.6 is 0 Å². The van der Waals surface area contributed by atoms with E-state index >= 15 is 0 Å². The van der Waals surface area contributed by atoms with Crippen LogP contribution < -0.4 is 10.2 Å². The molecule has 17 heavy (non-hydrogen) atoms. The van der Waals surface area contributed by atoms with E-state index in [0.29, 0.717) is 18.9 Å². The summed E-state index contributed by atoms with van der Waals surface area (Å²) in [6.07, 6.45) is 3.44. The first kappa shape index (κ1) is 12.0. The quantitative estimate of drug-likeness (QED) is 0.777. The molecule has 0 bridgehead atoms. The molecule has 1 N–H and O–H groups in total. The Balaban J connectivity index is 2.20. The number of rotatable bonds is 1. The largest absolute Gasteiger partial charge is 0.307 e. The van der Waals surface area contributed by atoms with Crippen LogP contribution in [0.5, 0.6) is 0 Å². The zero-order valence-electron chi connectivity index (χ0n) is 10.5. The van der Waals surface area contributed by atoms with Crippen LogP contribution in [-0.4, -0.2) is 35.5 Å². The van der Waals surface area contributed by atoms with E-state index in [-0.39, 0.29) is 11.3 Å². The van der Waals surface area contributed by atoms with Crippen molar-refractivity contribution in [1.82, 2.24) is 15.3 Å². The van der Waals surface area contributed by atoms with Crippen LogP contribution in [0.25, 0.3) is 0 Å². The second-order valence-electron chi connectivity index (χ2n) is 5.23. The molecule has 1 aliphatic rings. The molecule has 1 saturated heterocycles. The Morgan fingerprint density at radius 2 is 2.06 bits per heavy atom. The summed E-state index contributed by atoms with van der Waals surface area (Å²) < 4.78 is 0. The van der Waals surface area contributed by atoms with Gasteiger partial charge in [0.1, 0.15) is 0 Å². The van der Waals surface area contributed by atoms with Crippen LogP contribution in [0, 0.1) is 0 Å². The summed E-state index contributed by atoms with van der Waals surface area (Å²) in [4.78, 5) is 22.1. The number of nitrogens with zero attached hydrogens (tertiary/aromatic N) is 3. The van der Waals surface area contributed by atoms with Gasteiger partial charge in [-0.1, -0.05) is 20.8 Å². The van der Waals surface area contributed by atoms with Crippen molar-refractivity contribution in [2.75, 3.05) is 24.5 Å². The molecule has 1 aliphatic heterocycles. The summed E-state index contributed by atoms with van der Waals surface area (Å²) >= 11 is 0. The maximum Gasteiger partial charge on any atom is 0.242 e. The third kappa shape index (κ3) is 2.61. The minimum atomic E-state index is -0.0149. The third-order valence-corrected chi connectivity index (χ3v) is 2.77. The van der Waals surface area contributed by atoms with Crippen LogP contribution in [0.15, 0.2) is 12.4 Å². The number of piperazine rings is 1. The normalized spacial score (nSPS) is 17.4. The molecule has 2 rings (SSSR count). The van der Waals surface area contributed by atoms with E-state index < -0.39 is 0 Å². The third-order valence-electron chi connectivity index (χ3n) is 2.77. The number of nitrogens with one attached hydrogen (secondary N) is 1. The van der Waals surface area contributed by atoms with Gasteiger partial charge >= 0.3 is 0 Å². The predicted octanol–water partition coefficient (Wildman–Crippen LogP) is 0.710. The molecule has 0 spiro atoms. The minimum absolute atomic E-state index is 0.0149. The highest BCUT2D eigenvalue weighted by atomic mass is 16.2. The first-order valence-corrected chi connectivity index (χ1v) is 5.82. The highest BCUT2D eigenvalue weighted by molar-refractivity contribution is 5.94. The van der Waals surface area contributed by atoms with E-state index in [4.69, 9.17) is 0 Å². The molecule has 92 valence electrons. The monoisotopic (exact) mass is 234 g/mol. The van der Waals surface area contributed by atoms with Crippen molar-refractivity contribution in [3.63, 3.8) is 0 Å². The van der Waals surface area contributed by atoms with Crippen molar-refractivity contribution in [2.24, 2.45) is 0 Å². The highest BCUT2D eigenvalue weighted by Gasteiger charge is 2.22. The van der Waals surface area contributed by atoms with Crippen LogP contribution in [0.3, 0.4) is 0 Å². The molecule has 1 aromatic rings. The summed E-state index contributed by atoms with van der Waals surface area (Å²) in [6, 6.07) is 0. The summed E-state index contributed by atoms with van der Waals surface area (Å²) in [7, 11) is 0. The molecule has 0 aromatic carbocycles. The Labute approximate surface area is 101 Å². The van der Waals surface area contributed by atoms with Crippen molar-refractivity contribution in [1.29, 1.82) is 0 Å². The number of carbonyl (C=O) groups is 1. The Hall–Kier alpha value is -1.49. The first-order chi connectivity index (χ1) is 7.98. The van der Waals surface area contributed by atoms with Crippen LogP contribution in [-0.2, 0) is 10.2 Å². The van der Waals surface area contributed by atoms with Gasteiger partial charge in [0.2, 0.25) is 5.91 Å². The van der Waals surface area contributed by atoms with E-state index in [2.05, 4.69) is 36.1 Å². The van der Waals surface area contributed by atoms with Crippen LogP contribution in [0.2, 0.25) is 0 Å². The van der Waals surface area contributed by atoms with E-state index in [1.165, 1.54) is 0 Å². The van der Waals surface area contributed by atoms with Gasteiger partial charge in [-0.3, -0.25) is 14.7 Å². The van der Waals surface area contributed by atoms with Gasteiger partial charge in [-0.05, 0) is 0 Å². The lowest BCUT2D eigenvalue weighted by Gasteiger charge is -2.26. The van der Waals surface area contributed by atoms with Crippen molar-refractivity contribution < 1.29 is 4.79 Å². The fourth-order valence-corrected chi connectivity index (χ4v) is 1.70. The molecule has 0 radical (unpaired) electrons. The fourth-order valence-electron chi connectivity index (χ4n) is 1.70. The number of anilines is 1. The molecular weight excluding hydrogens is 216 g/mol. The standard InChI is InChI=1S/C12H18N4O/c1-12(2,3)9-6-15-10(7-14-9)16-5-4-13-8-11(16)17/h6-7,13H,4-5,8H2,1-3H3. The first-order valence-electron chi connectivity index (χ1n) is 5.82. The van der Waals surface area contributed by atoms with Crippen LogP contribution in [0.4, 0.5) is 5.82 Å². The molecule has 0 aliphatic carbocycles. The van der Waals surface area contributed by atoms with Crippen molar-refractivity contribution in [3.05, 3.63) is 18.1 Å². The van der Waals surface area contributed by atoms with Crippen LogP contribution in [0.1, 0.15) is 26.5 Å². The lowest BCUT2D eigenvalue weighted by molar-refractivity contribution is -0.118. The van der Waals surface area contributed by atoms with Gasteiger partial charge in [0, 0.05) is 18.5 Å². The maximum atomic E-state index is 11.7. The summed E-state index contributed by atoms with van der Waals surface area (Å²) in [5.41, 5.74) is 0.919. The second-order valence-corrected chi connectivity index (χ2v) is 5.23. The van der Waals surface area contributed by atoms with Crippen molar-refractivity contribution >= 4 is 11.7 Å². The summed E-state index contributed by atoms with van der Waals surface area (Å²) in [5, 5.41) is 3.03. The Bertz CT molecular complexity index is 408. The van der Waals surface area contributed by atoms with Gasteiger partial charge in [0.15, 0.2) is 5.82 Å². The van der Waals surface area contributed by atoms with E-state index in [9.17, 15) is 4.79 Å². The number of carbonyl (C=O) groups excluding carboxylic acids is 1. The molecule has 1 amide bonds. The molecule has 1 aromatic heterocycles. The molecule has 1 fully saturated rings. The topological polar surface area (TPSA) is 58.1 Å². The smallest absolute Gasteiger partial charge is 0.242 e. The lowest BCUT2D eigenvalue weighted by Crippen LogP contribution is -2.48. The zero-order valence-corrected chi connectivity index (χ0v) is 10.5. The van der Waals surface area contributed by atoms with E-state index in [0.717, 1.165) is 12.2 Å². The van der Waals surface area contributed by atoms with Gasteiger partial charge in [-0.25, -0.2) is 4.98 Å². The van der Waals surface area contributed by atoms with Gasteiger partial charge < -0.3 is 5.32 Å². The summed E-state index contributed by atoms with van der Waals surface area (Å²) in [6.45, 7) is 8.10. The van der Waals surface area contributed by atoms with Gasteiger partial charge in [0.05, 0.1) is 24.6 Å². The number of hydrogen-bond acceptors (Lipinski definition) is 4. The second kappa shape index (κ2) is 4.41. The average Bonchev–Trinajstić information content (AvgIpc) is 2.29.